The summed E-state index contributed by atoms with van der Waals surface area (Å²) in [5.74, 6) is 0.357. The van der Waals surface area contributed by atoms with Crippen LogP contribution in [-0.2, 0) is 6.54 Å². The third-order valence-electron chi connectivity index (χ3n) is 4.38. The van der Waals surface area contributed by atoms with E-state index in [1.807, 2.05) is 48.5 Å². The number of nitrogens with two attached hydrogens (primary N) is 1. The van der Waals surface area contributed by atoms with Crippen molar-refractivity contribution in [3.63, 3.8) is 0 Å². The number of likely N-dealkylation sites (N-methyl/N-ethyl adjacent to an activating group) is 1. The van der Waals surface area contributed by atoms with Crippen molar-refractivity contribution in [2.45, 2.75) is 33.4 Å². The molecule has 0 bridgehead atoms. The van der Waals surface area contributed by atoms with Gasteiger partial charge in [0.2, 0.25) is 0 Å². The van der Waals surface area contributed by atoms with Crippen molar-refractivity contribution >= 4 is 0 Å². The molecule has 124 valence electrons. The van der Waals surface area contributed by atoms with Gasteiger partial charge in [-0.1, -0.05) is 69.3 Å². The molecule has 0 saturated carbocycles. The molecule has 0 saturated heterocycles. The maximum Gasteiger partial charge on any atom is 0.127 e. The van der Waals surface area contributed by atoms with Gasteiger partial charge in [0.25, 0.3) is 0 Å². The predicted molar refractivity (Wildman–Crippen MR) is 97.3 cm³/mol. The number of phenols is 1. The number of benzene rings is 2. The summed E-state index contributed by atoms with van der Waals surface area (Å²) in [6.45, 7) is 7.86. The van der Waals surface area contributed by atoms with Gasteiger partial charge in [0.1, 0.15) is 5.75 Å². The minimum Gasteiger partial charge on any atom is -0.507 e. The first-order chi connectivity index (χ1) is 10.8. The van der Waals surface area contributed by atoms with Gasteiger partial charge in [-0.2, -0.15) is 0 Å². The van der Waals surface area contributed by atoms with E-state index in [-0.39, 0.29) is 11.5 Å². The van der Waals surface area contributed by atoms with Crippen LogP contribution in [0.1, 0.15) is 26.3 Å². The monoisotopic (exact) mass is 312 g/mol. The highest BCUT2D eigenvalue weighted by molar-refractivity contribution is 5.71. The number of hydrogen-bond donors (Lipinski definition) is 2. The lowest BCUT2D eigenvalue weighted by atomic mass is 9.85. The molecule has 0 aliphatic carbocycles. The Kier molecular flexibility index (Phi) is 5.45. The van der Waals surface area contributed by atoms with Gasteiger partial charge in [0, 0.05) is 30.3 Å². The largest absolute Gasteiger partial charge is 0.507 e. The lowest BCUT2D eigenvalue weighted by Crippen LogP contribution is -2.46. The summed E-state index contributed by atoms with van der Waals surface area (Å²) in [6, 6.07) is 16.2. The minimum absolute atomic E-state index is 0.0934. The second kappa shape index (κ2) is 7.16. The van der Waals surface area contributed by atoms with Gasteiger partial charge in [-0.25, -0.2) is 0 Å². The van der Waals surface area contributed by atoms with E-state index in [9.17, 15) is 5.11 Å². The molecule has 2 aromatic rings. The highest BCUT2D eigenvalue weighted by Gasteiger charge is 2.27. The molecule has 0 spiro atoms. The molecule has 1 atom stereocenters. The molecule has 0 heterocycles. The van der Waals surface area contributed by atoms with Gasteiger partial charge in [-0.15, -0.1) is 0 Å². The van der Waals surface area contributed by atoms with E-state index in [1.165, 1.54) is 0 Å². The topological polar surface area (TPSA) is 49.5 Å². The Morgan fingerprint density at radius 1 is 1.04 bits per heavy atom. The molecule has 2 aromatic carbocycles. The van der Waals surface area contributed by atoms with E-state index in [2.05, 4.69) is 32.7 Å². The van der Waals surface area contributed by atoms with Crippen LogP contribution in [0.15, 0.2) is 48.5 Å². The number of rotatable bonds is 5. The van der Waals surface area contributed by atoms with Crippen molar-refractivity contribution < 1.29 is 5.11 Å². The summed E-state index contributed by atoms with van der Waals surface area (Å²) in [4.78, 5) is 2.23. The maximum atomic E-state index is 10.7. The Morgan fingerprint density at radius 3 is 2.26 bits per heavy atom. The third kappa shape index (κ3) is 4.12. The lowest BCUT2D eigenvalue weighted by molar-refractivity contribution is 0.125. The van der Waals surface area contributed by atoms with Crippen LogP contribution in [0.3, 0.4) is 0 Å². The van der Waals surface area contributed by atoms with Crippen LogP contribution in [0.2, 0.25) is 0 Å². The van der Waals surface area contributed by atoms with E-state index in [0.29, 0.717) is 18.8 Å². The Labute approximate surface area is 139 Å². The number of nitrogens with zero attached hydrogens (tertiary/aromatic N) is 1. The zero-order valence-corrected chi connectivity index (χ0v) is 14.6. The van der Waals surface area contributed by atoms with Crippen LogP contribution in [-0.4, -0.2) is 29.6 Å². The molecule has 0 aromatic heterocycles. The molecular weight excluding hydrogens is 284 g/mol. The van der Waals surface area contributed by atoms with Crippen molar-refractivity contribution in [2.75, 3.05) is 13.6 Å². The Balaban J connectivity index is 2.28. The Hall–Kier alpha value is -1.84. The molecule has 0 aliphatic heterocycles. The van der Waals surface area contributed by atoms with Crippen LogP contribution in [0.4, 0.5) is 0 Å². The molecule has 23 heavy (non-hydrogen) atoms. The van der Waals surface area contributed by atoms with Gasteiger partial charge in [-0.3, -0.25) is 4.90 Å². The third-order valence-corrected chi connectivity index (χ3v) is 4.38. The van der Waals surface area contributed by atoms with E-state index >= 15 is 0 Å². The molecule has 0 aliphatic rings. The van der Waals surface area contributed by atoms with Crippen LogP contribution in [0, 0.1) is 5.41 Å². The summed E-state index contributed by atoms with van der Waals surface area (Å²) in [7, 11) is 2.07. The molecule has 3 nitrogen and oxygen atoms in total. The number of para-hydroxylation sites is 1. The molecule has 3 heteroatoms. The van der Waals surface area contributed by atoms with Crippen molar-refractivity contribution in [1.29, 1.82) is 0 Å². The van der Waals surface area contributed by atoms with Crippen molar-refractivity contribution in [2.24, 2.45) is 11.1 Å². The number of aromatic hydroxyl groups is 1. The lowest BCUT2D eigenvalue weighted by Gasteiger charge is -2.37. The summed E-state index contributed by atoms with van der Waals surface area (Å²) in [6.07, 6.45) is 0. The van der Waals surface area contributed by atoms with E-state index in [1.54, 1.807) is 0 Å². The number of hydrogen-bond acceptors (Lipinski definition) is 3. The predicted octanol–water partition coefficient (Wildman–Crippen LogP) is 3.86. The smallest absolute Gasteiger partial charge is 0.127 e. The molecule has 2 rings (SSSR count). The van der Waals surface area contributed by atoms with E-state index < -0.39 is 0 Å². The fraction of sp³-hybridized carbons (Fsp3) is 0.400. The second-order valence-corrected chi connectivity index (χ2v) is 7.21. The molecule has 0 unspecified atom stereocenters. The van der Waals surface area contributed by atoms with Gasteiger partial charge in [-0.05, 0) is 18.0 Å². The summed E-state index contributed by atoms with van der Waals surface area (Å²) in [5, 5.41) is 10.7. The maximum absolute atomic E-state index is 10.7. The average molecular weight is 312 g/mol. The molecule has 0 amide bonds. The van der Waals surface area contributed by atoms with Crippen LogP contribution < -0.4 is 5.73 Å². The molecule has 3 N–H and O–H groups in total. The molecular formula is C20H28N2O. The fourth-order valence-corrected chi connectivity index (χ4v) is 3.14. The van der Waals surface area contributed by atoms with Crippen molar-refractivity contribution in [3.05, 3.63) is 54.1 Å². The molecule has 0 fully saturated rings. The van der Waals surface area contributed by atoms with Crippen molar-refractivity contribution in [1.82, 2.24) is 4.90 Å². The van der Waals surface area contributed by atoms with Crippen LogP contribution in [0.5, 0.6) is 5.75 Å². The zero-order valence-electron chi connectivity index (χ0n) is 14.6. The molecule has 0 radical (unpaired) electrons. The quantitative estimate of drug-likeness (QED) is 0.881. The Bertz CT molecular complexity index is 632. The first kappa shape index (κ1) is 17.5. The highest BCUT2D eigenvalue weighted by Crippen LogP contribution is 2.33. The first-order valence-corrected chi connectivity index (χ1v) is 8.11. The normalized spacial score (nSPS) is 13.3. The van der Waals surface area contributed by atoms with Gasteiger partial charge in [0.15, 0.2) is 0 Å². The van der Waals surface area contributed by atoms with E-state index in [0.717, 1.165) is 16.7 Å². The SMILES string of the molecule is CN(Cc1cccc(-c2ccccc2)c1O)[C@H](CN)C(C)(C)C. The van der Waals surface area contributed by atoms with Gasteiger partial charge in [0.05, 0.1) is 0 Å². The van der Waals surface area contributed by atoms with Gasteiger partial charge >= 0.3 is 0 Å². The highest BCUT2D eigenvalue weighted by atomic mass is 16.3. The summed E-state index contributed by atoms with van der Waals surface area (Å²) >= 11 is 0. The van der Waals surface area contributed by atoms with Crippen LogP contribution >= 0.6 is 0 Å². The minimum atomic E-state index is 0.0934. The zero-order chi connectivity index (χ0) is 17.0. The standard InChI is InChI=1S/C20H28N2O/c1-20(2,3)18(13-21)22(4)14-16-11-8-12-17(19(16)23)15-9-6-5-7-10-15/h5-12,18,23H,13-14,21H2,1-4H3/t18-/m1/s1. The first-order valence-electron chi connectivity index (χ1n) is 8.11. The van der Waals surface area contributed by atoms with Crippen LogP contribution in [0.25, 0.3) is 11.1 Å². The van der Waals surface area contributed by atoms with Crippen molar-refractivity contribution in [3.8, 4) is 16.9 Å². The summed E-state index contributed by atoms with van der Waals surface area (Å²) < 4.78 is 0. The van der Waals surface area contributed by atoms with E-state index in [4.69, 9.17) is 5.73 Å². The fourth-order valence-electron chi connectivity index (χ4n) is 3.14. The average Bonchev–Trinajstić information content (AvgIpc) is 2.49. The van der Waals surface area contributed by atoms with Gasteiger partial charge < -0.3 is 10.8 Å². The Morgan fingerprint density at radius 2 is 1.70 bits per heavy atom. The summed E-state index contributed by atoms with van der Waals surface area (Å²) in [5.41, 5.74) is 8.89. The number of phenolic OH excluding ortho intramolecular Hbond substituents is 1. The second-order valence-electron chi connectivity index (χ2n) is 7.21.